The summed E-state index contributed by atoms with van der Waals surface area (Å²) in [6.07, 6.45) is 13.6. The van der Waals surface area contributed by atoms with Gasteiger partial charge < -0.3 is 10.1 Å². The molecule has 2 nitrogen and oxygen atoms in total. The van der Waals surface area contributed by atoms with Gasteiger partial charge >= 0.3 is 0 Å². The predicted molar refractivity (Wildman–Crippen MR) is 72.2 cm³/mol. The molecule has 0 aromatic rings. The smallest absolute Gasteiger partial charge is 0.0790 e. The van der Waals surface area contributed by atoms with Gasteiger partial charge in [-0.2, -0.15) is 0 Å². The molecule has 0 amide bonds. The maximum Gasteiger partial charge on any atom is 0.0790 e. The van der Waals surface area contributed by atoms with Crippen molar-refractivity contribution in [1.29, 1.82) is 0 Å². The van der Waals surface area contributed by atoms with E-state index in [0.717, 1.165) is 5.92 Å². The lowest BCUT2D eigenvalue weighted by atomic mass is 9.90. The average Bonchev–Trinajstić information content (AvgIpc) is 3.10. The van der Waals surface area contributed by atoms with E-state index >= 15 is 0 Å². The van der Waals surface area contributed by atoms with E-state index in [4.69, 9.17) is 4.74 Å². The van der Waals surface area contributed by atoms with Gasteiger partial charge in [0.05, 0.1) is 12.1 Å². The van der Waals surface area contributed by atoms with E-state index < -0.39 is 0 Å². The van der Waals surface area contributed by atoms with Gasteiger partial charge in [-0.3, -0.25) is 0 Å². The molecule has 0 radical (unpaired) electrons. The molecule has 2 aliphatic carbocycles. The molecule has 0 aromatic heterocycles. The van der Waals surface area contributed by atoms with E-state index in [1.54, 1.807) is 5.57 Å². The largest absolute Gasteiger partial charge is 0.379 e. The predicted octanol–water partition coefficient (Wildman–Crippen LogP) is 3.28. The molecule has 0 aliphatic heterocycles. The third-order valence-electron chi connectivity index (χ3n) is 4.22. The lowest BCUT2D eigenvalue weighted by Crippen LogP contribution is -2.42. The molecular weight excluding hydrogens is 210 g/mol. The maximum absolute atomic E-state index is 5.75. The van der Waals surface area contributed by atoms with Gasteiger partial charge in [0.2, 0.25) is 0 Å². The molecular formula is C15H27NO. The van der Waals surface area contributed by atoms with Gasteiger partial charge in [0.15, 0.2) is 0 Å². The van der Waals surface area contributed by atoms with Gasteiger partial charge in [-0.05, 0) is 51.5 Å². The van der Waals surface area contributed by atoms with Crippen LogP contribution in [0, 0.1) is 5.92 Å². The topological polar surface area (TPSA) is 21.3 Å². The summed E-state index contributed by atoms with van der Waals surface area (Å²) in [5.74, 6) is 0.795. The van der Waals surface area contributed by atoms with Crippen molar-refractivity contribution >= 4 is 0 Å². The van der Waals surface area contributed by atoms with E-state index in [-0.39, 0.29) is 0 Å². The van der Waals surface area contributed by atoms with Crippen LogP contribution in [0.1, 0.15) is 51.4 Å². The number of hydrogen-bond donors (Lipinski definition) is 1. The van der Waals surface area contributed by atoms with Crippen LogP contribution in [0.25, 0.3) is 0 Å². The fourth-order valence-electron chi connectivity index (χ4n) is 3.09. The Morgan fingerprint density at radius 1 is 1.24 bits per heavy atom. The summed E-state index contributed by atoms with van der Waals surface area (Å²) in [6, 6.07) is 0.450. The monoisotopic (exact) mass is 237 g/mol. The normalized spacial score (nSPS) is 25.6. The Hall–Kier alpha value is -0.340. The Morgan fingerprint density at radius 2 is 2.00 bits per heavy atom. The highest BCUT2D eigenvalue weighted by atomic mass is 16.5. The van der Waals surface area contributed by atoms with Crippen LogP contribution >= 0.6 is 0 Å². The lowest BCUT2D eigenvalue weighted by molar-refractivity contribution is 0.0623. The molecule has 2 heteroatoms. The molecule has 0 aromatic carbocycles. The van der Waals surface area contributed by atoms with Crippen LogP contribution in [-0.2, 0) is 4.74 Å². The summed E-state index contributed by atoms with van der Waals surface area (Å²) in [7, 11) is 3.95. The van der Waals surface area contributed by atoms with Gasteiger partial charge in [-0.15, -0.1) is 0 Å². The minimum absolute atomic E-state index is 0.394. The quantitative estimate of drug-likeness (QED) is 0.741. The number of allylic oxidation sites excluding steroid dienone is 1. The van der Waals surface area contributed by atoms with Crippen molar-refractivity contribution in [2.75, 3.05) is 14.2 Å². The summed E-state index contributed by atoms with van der Waals surface area (Å²) in [6.45, 7) is 0. The van der Waals surface area contributed by atoms with Crippen molar-refractivity contribution in [2.24, 2.45) is 5.92 Å². The van der Waals surface area contributed by atoms with E-state index in [9.17, 15) is 0 Å². The third kappa shape index (κ3) is 3.56. The molecule has 1 fully saturated rings. The van der Waals surface area contributed by atoms with Gasteiger partial charge in [-0.1, -0.05) is 24.5 Å². The fourth-order valence-corrected chi connectivity index (χ4v) is 3.09. The number of rotatable bonds is 5. The first-order chi connectivity index (χ1) is 8.36. The maximum atomic E-state index is 5.75. The van der Waals surface area contributed by atoms with Crippen LogP contribution in [0.4, 0.5) is 0 Å². The molecule has 0 heterocycles. The van der Waals surface area contributed by atoms with E-state index in [2.05, 4.69) is 18.4 Å². The van der Waals surface area contributed by atoms with Gasteiger partial charge in [0.1, 0.15) is 0 Å². The Balaban J connectivity index is 2.03. The summed E-state index contributed by atoms with van der Waals surface area (Å²) < 4.78 is 5.75. The van der Waals surface area contributed by atoms with Crippen molar-refractivity contribution in [2.45, 2.75) is 63.5 Å². The standard InChI is InChI=1S/C15H27NO/c1-16-14(15(17-2)13-10-11-13)12-8-6-4-3-5-7-9-12/h8,13-16H,3-7,9-11H2,1-2H3. The Morgan fingerprint density at radius 3 is 2.65 bits per heavy atom. The van der Waals surface area contributed by atoms with Crippen molar-refractivity contribution in [3.05, 3.63) is 11.6 Å². The summed E-state index contributed by atoms with van der Waals surface area (Å²) in [5, 5.41) is 3.50. The van der Waals surface area contributed by atoms with Crippen LogP contribution in [0.2, 0.25) is 0 Å². The van der Waals surface area contributed by atoms with Gasteiger partial charge in [-0.25, -0.2) is 0 Å². The van der Waals surface area contributed by atoms with Crippen molar-refractivity contribution in [3.63, 3.8) is 0 Å². The number of ether oxygens (including phenoxy) is 1. The zero-order valence-corrected chi connectivity index (χ0v) is 11.4. The van der Waals surface area contributed by atoms with Crippen LogP contribution in [-0.4, -0.2) is 26.3 Å². The van der Waals surface area contributed by atoms with Gasteiger partial charge in [0, 0.05) is 7.11 Å². The first-order valence-corrected chi connectivity index (χ1v) is 7.25. The number of hydrogen-bond acceptors (Lipinski definition) is 2. The van der Waals surface area contributed by atoms with Crippen molar-refractivity contribution in [1.82, 2.24) is 5.32 Å². The number of methoxy groups -OCH3 is 1. The van der Waals surface area contributed by atoms with Crippen LogP contribution in [0.5, 0.6) is 0 Å². The second-order valence-corrected chi connectivity index (χ2v) is 5.54. The molecule has 17 heavy (non-hydrogen) atoms. The van der Waals surface area contributed by atoms with Crippen molar-refractivity contribution in [3.8, 4) is 0 Å². The molecule has 2 unspecified atom stereocenters. The average molecular weight is 237 g/mol. The zero-order chi connectivity index (χ0) is 12.1. The molecule has 1 saturated carbocycles. The second-order valence-electron chi connectivity index (χ2n) is 5.54. The third-order valence-corrected chi connectivity index (χ3v) is 4.22. The first kappa shape index (κ1) is 13.1. The van der Waals surface area contributed by atoms with E-state index in [0.29, 0.717) is 12.1 Å². The summed E-state index contributed by atoms with van der Waals surface area (Å²) in [4.78, 5) is 0. The highest BCUT2D eigenvalue weighted by Crippen LogP contribution is 2.37. The molecule has 2 atom stereocenters. The Labute approximate surface area is 106 Å². The molecule has 0 saturated heterocycles. The fraction of sp³-hybridized carbons (Fsp3) is 0.867. The van der Waals surface area contributed by atoms with Crippen LogP contribution < -0.4 is 5.32 Å². The summed E-state index contributed by atoms with van der Waals surface area (Å²) >= 11 is 0. The molecule has 0 bridgehead atoms. The van der Waals surface area contributed by atoms with E-state index in [1.807, 2.05) is 7.11 Å². The van der Waals surface area contributed by atoms with Crippen molar-refractivity contribution < 1.29 is 4.74 Å². The highest BCUT2D eigenvalue weighted by molar-refractivity contribution is 5.15. The molecule has 98 valence electrons. The minimum Gasteiger partial charge on any atom is -0.379 e. The van der Waals surface area contributed by atoms with Gasteiger partial charge in [0.25, 0.3) is 0 Å². The van der Waals surface area contributed by atoms with Crippen LogP contribution in [0.15, 0.2) is 11.6 Å². The number of nitrogens with one attached hydrogen (secondary N) is 1. The lowest BCUT2D eigenvalue weighted by Gasteiger charge is -2.29. The minimum atomic E-state index is 0.394. The molecule has 1 N–H and O–H groups in total. The van der Waals surface area contributed by atoms with Crippen LogP contribution in [0.3, 0.4) is 0 Å². The summed E-state index contributed by atoms with van der Waals surface area (Å²) in [5.41, 5.74) is 1.60. The SMILES string of the molecule is CNC(C1=CCCCCCC1)C(OC)C1CC1. The molecule has 2 aliphatic rings. The Bertz CT molecular complexity index is 258. The Kier molecular flexibility index (Phi) is 5.05. The second kappa shape index (κ2) is 6.55. The highest BCUT2D eigenvalue weighted by Gasteiger charge is 2.37. The molecule has 2 rings (SSSR count). The van der Waals surface area contributed by atoms with E-state index in [1.165, 1.54) is 51.4 Å². The first-order valence-electron chi connectivity index (χ1n) is 7.25. The zero-order valence-electron chi connectivity index (χ0n) is 11.4. The molecule has 0 spiro atoms. The number of likely N-dealkylation sites (N-methyl/N-ethyl adjacent to an activating group) is 1.